The SMILES string of the molecule is Cn1c(N2CC3C[C@H]2CN3C(=O)c2ccc(Cl)cc2)nc(-c2ccncc2)cc1=O. The second kappa shape index (κ2) is 7.25. The third kappa shape index (κ3) is 3.15. The number of aromatic nitrogens is 3. The lowest BCUT2D eigenvalue weighted by Crippen LogP contribution is -2.50. The van der Waals surface area contributed by atoms with E-state index in [0.717, 1.165) is 12.0 Å². The van der Waals surface area contributed by atoms with Gasteiger partial charge < -0.3 is 9.80 Å². The van der Waals surface area contributed by atoms with Crippen LogP contribution in [0.4, 0.5) is 5.95 Å². The summed E-state index contributed by atoms with van der Waals surface area (Å²) in [5.41, 5.74) is 2.02. The zero-order chi connectivity index (χ0) is 20.8. The van der Waals surface area contributed by atoms with Gasteiger partial charge in [0.2, 0.25) is 5.95 Å². The zero-order valence-electron chi connectivity index (χ0n) is 16.4. The third-order valence-electron chi connectivity index (χ3n) is 5.94. The molecule has 152 valence electrons. The predicted molar refractivity (Wildman–Crippen MR) is 115 cm³/mol. The highest BCUT2D eigenvalue weighted by atomic mass is 35.5. The monoisotopic (exact) mass is 421 g/mol. The number of hydrogen-bond donors (Lipinski definition) is 0. The van der Waals surface area contributed by atoms with Gasteiger partial charge in [-0.05, 0) is 42.8 Å². The van der Waals surface area contributed by atoms with E-state index >= 15 is 0 Å². The highest BCUT2D eigenvalue weighted by Gasteiger charge is 2.46. The van der Waals surface area contributed by atoms with Gasteiger partial charge in [-0.25, -0.2) is 4.98 Å². The number of amides is 1. The van der Waals surface area contributed by atoms with Gasteiger partial charge in [-0.15, -0.1) is 0 Å². The standard InChI is InChI=1S/C22H20ClN5O2/c1-26-20(29)11-19(14-6-8-24-9-7-14)25-22(26)28-13-17-10-18(28)12-27(17)21(30)15-2-4-16(23)5-3-15/h2-9,11,17-18H,10,12-13H2,1H3/t17?,18-/m0/s1. The zero-order valence-corrected chi connectivity index (χ0v) is 17.2. The van der Waals surface area contributed by atoms with Crippen molar-refractivity contribution in [1.29, 1.82) is 0 Å². The molecule has 2 saturated heterocycles. The molecule has 0 saturated carbocycles. The number of fused-ring (bicyclic) bond motifs is 2. The summed E-state index contributed by atoms with van der Waals surface area (Å²) >= 11 is 5.94. The maximum Gasteiger partial charge on any atom is 0.255 e. The van der Waals surface area contributed by atoms with Crippen molar-refractivity contribution in [2.24, 2.45) is 7.05 Å². The number of pyridine rings is 1. The molecule has 3 aromatic rings. The van der Waals surface area contributed by atoms with Gasteiger partial charge in [0, 0.05) is 54.7 Å². The molecule has 2 bridgehead atoms. The fourth-order valence-electron chi connectivity index (χ4n) is 4.37. The second-order valence-corrected chi connectivity index (χ2v) is 8.17. The summed E-state index contributed by atoms with van der Waals surface area (Å²) in [6.07, 6.45) is 4.24. The first-order chi connectivity index (χ1) is 14.5. The minimum Gasteiger partial charge on any atom is -0.335 e. The summed E-state index contributed by atoms with van der Waals surface area (Å²) < 4.78 is 1.58. The fraction of sp³-hybridized carbons (Fsp3) is 0.273. The van der Waals surface area contributed by atoms with Gasteiger partial charge in [0.05, 0.1) is 17.8 Å². The Labute approximate surface area is 178 Å². The Morgan fingerprint density at radius 3 is 2.47 bits per heavy atom. The lowest BCUT2D eigenvalue weighted by Gasteiger charge is -2.35. The van der Waals surface area contributed by atoms with Crippen LogP contribution < -0.4 is 10.5 Å². The summed E-state index contributed by atoms with van der Waals surface area (Å²) in [5, 5.41) is 0.613. The number of rotatable bonds is 3. The molecule has 30 heavy (non-hydrogen) atoms. The van der Waals surface area contributed by atoms with E-state index in [1.165, 1.54) is 0 Å². The third-order valence-corrected chi connectivity index (χ3v) is 6.19. The Kier molecular flexibility index (Phi) is 4.55. The molecule has 8 heteroatoms. The number of halogens is 1. The van der Waals surface area contributed by atoms with Crippen LogP contribution in [0.3, 0.4) is 0 Å². The fourth-order valence-corrected chi connectivity index (χ4v) is 4.50. The Balaban J connectivity index is 1.41. The van der Waals surface area contributed by atoms with Gasteiger partial charge in [-0.2, -0.15) is 0 Å². The number of benzene rings is 1. The van der Waals surface area contributed by atoms with Crippen molar-refractivity contribution in [3.8, 4) is 11.3 Å². The average molecular weight is 422 g/mol. The maximum absolute atomic E-state index is 12.9. The molecule has 2 aromatic heterocycles. The van der Waals surface area contributed by atoms with Crippen LogP contribution in [0.5, 0.6) is 0 Å². The minimum absolute atomic E-state index is 0.0196. The smallest absolute Gasteiger partial charge is 0.255 e. The van der Waals surface area contributed by atoms with Gasteiger partial charge in [0.25, 0.3) is 11.5 Å². The van der Waals surface area contributed by atoms with E-state index in [1.807, 2.05) is 17.0 Å². The average Bonchev–Trinajstić information content (AvgIpc) is 3.37. The molecule has 5 rings (SSSR count). The molecule has 2 fully saturated rings. The van der Waals surface area contributed by atoms with Crippen LogP contribution in [-0.2, 0) is 7.05 Å². The van der Waals surface area contributed by atoms with Crippen molar-refractivity contribution in [2.75, 3.05) is 18.0 Å². The quantitative estimate of drug-likeness (QED) is 0.650. The second-order valence-electron chi connectivity index (χ2n) is 7.73. The normalized spacial score (nSPS) is 20.1. The number of anilines is 1. The Bertz CT molecular complexity index is 1160. The first-order valence-electron chi connectivity index (χ1n) is 9.83. The van der Waals surface area contributed by atoms with E-state index in [-0.39, 0.29) is 23.6 Å². The molecule has 2 atom stereocenters. The first-order valence-corrected chi connectivity index (χ1v) is 10.2. The Morgan fingerprint density at radius 1 is 1.07 bits per heavy atom. The summed E-state index contributed by atoms with van der Waals surface area (Å²) in [7, 11) is 1.74. The van der Waals surface area contributed by atoms with E-state index in [0.29, 0.717) is 35.3 Å². The molecule has 0 radical (unpaired) electrons. The van der Waals surface area contributed by atoms with Crippen molar-refractivity contribution >= 4 is 23.5 Å². The maximum atomic E-state index is 12.9. The highest BCUT2D eigenvalue weighted by molar-refractivity contribution is 6.30. The van der Waals surface area contributed by atoms with E-state index < -0.39 is 0 Å². The van der Waals surface area contributed by atoms with Crippen molar-refractivity contribution in [1.82, 2.24) is 19.4 Å². The van der Waals surface area contributed by atoms with E-state index in [4.69, 9.17) is 16.6 Å². The number of nitrogens with zero attached hydrogens (tertiary/aromatic N) is 5. The lowest BCUT2D eigenvalue weighted by atomic mass is 10.1. The van der Waals surface area contributed by atoms with Gasteiger partial charge in [0.15, 0.2) is 0 Å². The highest BCUT2D eigenvalue weighted by Crippen LogP contribution is 2.34. The van der Waals surface area contributed by atoms with Crippen LogP contribution >= 0.6 is 11.6 Å². The van der Waals surface area contributed by atoms with Gasteiger partial charge >= 0.3 is 0 Å². The summed E-state index contributed by atoms with van der Waals surface area (Å²) in [4.78, 5) is 38.4. The van der Waals surface area contributed by atoms with Crippen molar-refractivity contribution in [3.63, 3.8) is 0 Å². The van der Waals surface area contributed by atoms with Crippen LogP contribution in [0, 0.1) is 0 Å². The number of hydrogen-bond acceptors (Lipinski definition) is 5. The topological polar surface area (TPSA) is 71.3 Å². The van der Waals surface area contributed by atoms with E-state index in [1.54, 1.807) is 54.3 Å². The first kappa shape index (κ1) is 18.8. The molecule has 0 aliphatic carbocycles. The molecule has 2 aliphatic heterocycles. The van der Waals surface area contributed by atoms with Crippen LogP contribution in [-0.4, -0.2) is 50.5 Å². The molecule has 0 N–H and O–H groups in total. The summed E-state index contributed by atoms with van der Waals surface area (Å²) in [6, 6.07) is 12.5. The Morgan fingerprint density at radius 2 is 1.80 bits per heavy atom. The summed E-state index contributed by atoms with van der Waals surface area (Å²) in [5.74, 6) is 0.659. The minimum atomic E-state index is -0.108. The predicted octanol–water partition coefficient (Wildman–Crippen LogP) is 2.60. The largest absolute Gasteiger partial charge is 0.335 e. The number of likely N-dealkylation sites (tertiary alicyclic amines) is 1. The van der Waals surface area contributed by atoms with Gasteiger partial charge in [-0.1, -0.05) is 11.6 Å². The van der Waals surface area contributed by atoms with Crippen molar-refractivity contribution < 1.29 is 4.79 Å². The summed E-state index contributed by atoms with van der Waals surface area (Å²) in [6.45, 7) is 1.27. The Hall–Kier alpha value is -3.19. The van der Waals surface area contributed by atoms with Gasteiger partial charge in [-0.3, -0.25) is 19.1 Å². The molecule has 4 heterocycles. The molecule has 1 unspecified atom stereocenters. The van der Waals surface area contributed by atoms with Crippen molar-refractivity contribution in [2.45, 2.75) is 18.5 Å². The molecule has 0 spiro atoms. The number of carbonyl (C=O) groups is 1. The molecule has 1 aromatic carbocycles. The lowest BCUT2D eigenvalue weighted by molar-refractivity contribution is 0.0725. The van der Waals surface area contributed by atoms with E-state index in [9.17, 15) is 9.59 Å². The molecule has 2 aliphatic rings. The molecular formula is C22H20ClN5O2. The van der Waals surface area contributed by atoms with Crippen LogP contribution in [0.15, 0.2) is 59.7 Å². The van der Waals surface area contributed by atoms with Crippen molar-refractivity contribution in [3.05, 3.63) is 75.8 Å². The van der Waals surface area contributed by atoms with Crippen LogP contribution in [0.25, 0.3) is 11.3 Å². The van der Waals surface area contributed by atoms with Gasteiger partial charge in [0.1, 0.15) is 0 Å². The number of piperazine rings is 1. The number of carbonyl (C=O) groups excluding carboxylic acids is 1. The van der Waals surface area contributed by atoms with E-state index in [2.05, 4.69) is 9.88 Å². The molecular weight excluding hydrogens is 402 g/mol. The van der Waals surface area contributed by atoms with Crippen LogP contribution in [0.1, 0.15) is 16.8 Å². The molecule has 1 amide bonds. The molecule has 7 nitrogen and oxygen atoms in total. The van der Waals surface area contributed by atoms with Crippen LogP contribution in [0.2, 0.25) is 5.02 Å².